The van der Waals surface area contributed by atoms with Gasteiger partial charge in [-0.05, 0) is 34.5 Å². The Morgan fingerprint density at radius 1 is 0.722 bits per heavy atom. The fourth-order valence-electron chi connectivity index (χ4n) is 1.18. The van der Waals surface area contributed by atoms with Crippen LogP contribution in [0.1, 0.15) is 38.5 Å². The normalized spacial score (nSPS) is 10.1. The van der Waals surface area contributed by atoms with Gasteiger partial charge in [0.15, 0.2) is 0 Å². The van der Waals surface area contributed by atoms with Crippen molar-refractivity contribution >= 4 is 57.1 Å². The van der Waals surface area contributed by atoms with E-state index in [0.29, 0.717) is 12.8 Å². The molecule has 4 nitrogen and oxygen atoms in total. The molecular weight excluding hydrogens is 462 g/mol. The van der Waals surface area contributed by atoms with E-state index in [2.05, 4.69) is 45.2 Å². The van der Waals surface area contributed by atoms with Gasteiger partial charge in [0.1, 0.15) is 13.2 Å². The van der Waals surface area contributed by atoms with Crippen molar-refractivity contribution in [2.24, 2.45) is 0 Å². The highest BCUT2D eigenvalue weighted by atomic mass is 127. The third kappa shape index (κ3) is 12.8. The smallest absolute Gasteiger partial charge is 0.305 e. The fourth-order valence-corrected chi connectivity index (χ4v) is 2.26. The largest absolute Gasteiger partial charge is 0.462 e. The molecule has 0 spiro atoms. The van der Waals surface area contributed by atoms with E-state index in [1.165, 1.54) is 0 Å². The number of rotatable bonds is 11. The summed E-state index contributed by atoms with van der Waals surface area (Å²) in [6.45, 7) is 0.336. The maximum Gasteiger partial charge on any atom is 0.305 e. The summed E-state index contributed by atoms with van der Waals surface area (Å²) in [5.74, 6) is -0.415. The van der Waals surface area contributed by atoms with Crippen LogP contribution in [0.25, 0.3) is 0 Å². The lowest BCUT2D eigenvalue weighted by molar-refractivity contribution is -0.152. The minimum atomic E-state index is -0.208. The molecular formula is C12H20I2O4. The molecule has 18 heavy (non-hydrogen) atoms. The Balaban J connectivity index is 3.32. The molecule has 0 aromatic rings. The monoisotopic (exact) mass is 482 g/mol. The van der Waals surface area contributed by atoms with Gasteiger partial charge < -0.3 is 9.47 Å². The molecule has 0 aliphatic heterocycles. The van der Waals surface area contributed by atoms with Gasteiger partial charge in [-0.2, -0.15) is 0 Å². The van der Waals surface area contributed by atoms with Crippen molar-refractivity contribution in [3.63, 3.8) is 0 Å². The van der Waals surface area contributed by atoms with Gasteiger partial charge in [0, 0.05) is 12.8 Å². The summed E-state index contributed by atoms with van der Waals surface area (Å²) in [6.07, 6.45) is 4.68. The van der Waals surface area contributed by atoms with Gasteiger partial charge in [0.25, 0.3) is 0 Å². The number of carbonyl (C=O) groups is 2. The number of unbranched alkanes of at least 4 members (excludes halogenated alkanes) is 2. The van der Waals surface area contributed by atoms with E-state index >= 15 is 0 Å². The van der Waals surface area contributed by atoms with Crippen molar-refractivity contribution in [3.05, 3.63) is 0 Å². The van der Waals surface area contributed by atoms with Crippen LogP contribution >= 0.6 is 45.2 Å². The number of esters is 2. The van der Waals surface area contributed by atoms with E-state index in [1.54, 1.807) is 0 Å². The lowest BCUT2D eigenvalue weighted by Gasteiger charge is -2.06. The number of halogens is 2. The van der Waals surface area contributed by atoms with Crippen LogP contribution in [0.3, 0.4) is 0 Å². The summed E-state index contributed by atoms with van der Waals surface area (Å²) in [7, 11) is 0. The predicted octanol–water partition coefficient (Wildman–Crippen LogP) is 3.28. The van der Waals surface area contributed by atoms with Crippen LogP contribution in [-0.2, 0) is 19.1 Å². The van der Waals surface area contributed by atoms with Crippen LogP contribution in [-0.4, -0.2) is 34.0 Å². The van der Waals surface area contributed by atoms with Crippen LogP contribution in [0.4, 0.5) is 0 Å². The average molecular weight is 482 g/mol. The van der Waals surface area contributed by atoms with Crippen molar-refractivity contribution < 1.29 is 19.1 Å². The van der Waals surface area contributed by atoms with E-state index in [-0.39, 0.29) is 25.2 Å². The minimum Gasteiger partial charge on any atom is -0.462 e. The van der Waals surface area contributed by atoms with E-state index in [4.69, 9.17) is 9.47 Å². The first-order valence-corrected chi connectivity index (χ1v) is 9.19. The molecule has 0 atom stereocenters. The van der Waals surface area contributed by atoms with Crippen LogP contribution in [0, 0.1) is 0 Å². The molecule has 0 radical (unpaired) electrons. The highest BCUT2D eigenvalue weighted by Crippen LogP contribution is 2.02. The summed E-state index contributed by atoms with van der Waals surface area (Å²) in [5.41, 5.74) is 0. The van der Waals surface area contributed by atoms with Gasteiger partial charge in [-0.15, -0.1) is 0 Å². The Bertz CT molecular complexity index is 210. The van der Waals surface area contributed by atoms with Gasteiger partial charge >= 0.3 is 11.9 Å². The van der Waals surface area contributed by atoms with Gasteiger partial charge in [-0.1, -0.05) is 45.2 Å². The Morgan fingerprint density at radius 3 is 1.44 bits per heavy atom. The third-order valence-electron chi connectivity index (χ3n) is 2.14. The van der Waals surface area contributed by atoms with Crippen LogP contribution in [0.2, 0.25) is 0 Å². The molecule has 6 heteroatoms. The average Bonchev–Trinajstić information content (AvgIpc) is 2.35. The number of alkyl halides is 2. The molecule has 0 aromatic heterocycles. The van der Waals surface area contributed by atoms with Crippen LogP contribution < -0.4 is 0 Å². The molecule has 0 aromatic carbocycles. The molecule has 0 bridgehead atoms. The highest BCUT2D eigenvalue weighted by Gasteiger charge is 2.04. The molecule has 0 aliphatic rings. The second-order valence-corrected chi connectivity index (χ2v) is 5.89. The molecule has 0 amide bonds. The standard InChI is InChI=1S/C12H20I2O4/c13-7-3-1-5-11(15)17-9-10-18-12(16)6-2-4-8-14/h1-10H2. The van der Waals surface area contributed by atoms with Crippen LogP contribution in [0.5, 0.6) is 0 Å². The Kier molecular flexibility index (Phi) is 14.1. The molecule has 0 fully saturated rings. The molecule has 0 aliphatic carbocycles. The zero-order chi connectivity index (χ0) is 13.6. The summed E-state index contributed by atoms with van der Waals surface area (Å²) in [5, 5.41) is 0. The Labute approximate surface area is 136 Å². The lowest BCUT2D eigenvalue weighted by atomic mass is 10.2. The predicted molar refractivity (Wildman–Crippen MR) is 87.4 cm³/mol. The zero-order valence-electron chi connectivity index (χ0n) is 10.5. The molecule has 0 N–H and O–H groups in total. The summed E-state index contributed by atoms with van der Waals surface area (Å²) < 4.78 is 12.0. The number of hydrogen-bond acceptors (Lipinski definition) is 4. The quantitative estimate of drug-likeness (QED) is 0.197. The number of carbonyl (C=O) groups excluding carboxylic acids is 2. The first-order chi connectivity index (χ1) is 8.70. The van der Waals surface area contributed by atoms with Crippen molar-refractivity contribution in [1.82, 2.24) is 0 Å². The maximum atomic E-state index is 11.2. The van der Waals surface area contributed by atoms with E-state index in [1.807, 2.05) is 0 Å². The van der Waals surface area contributed by atoms with E-state index < -0.39 is 0 Å². The topological polar surface area (TPSA) is 52.6 Å². The first-order valence-electron chi connectivity index (χ1n) is 6.14. The fraction of sp³-hybridized carbons (Fsp3) is 0.833. The summed E-state index contributed by atoms with van der Waals surface area (Å²) >= 11 is 4.56. The van der Waals surface area contributed by atoms with Crippen molar-refractivity contribution in [2.75, 3.05) is 22.1 Å². The van der Waals surface area contributed by atoms with Gasteiger partial charge in [-0.25, -0.2) is 0 Å². The SMILES string of the molecule is O=C(CCCCI)OCCOC(=O)CCCCI. The van der Waals surface area contributed by atoms with Crippen molar-refractivity contribution in [1.29, 1.82) is 0 Å². The highest BCUT2D eigenvalue weighted by molar-refractivity contribution is 14.1. The molecule has 0 saturated carbocycles. The Hall–Kier alpha value is 0.400. The number of ether oxygens (including phenoxy) is 2. The minimum absolute atomic E-state index is 0.168. The molecule has 0 heterocycles. The van der Waals surface area contributed by atoms with E-state index in [0.717, 1.165) is 34.5 Å². The van der Waals surface area contributed by atoms with Crippen molar-refractivity contribution in [2.45, 2.75) is 38.5 Å². The molecule has 106 valence electrons. The second-order valence-electron chi connectivity index (χ2n) is 3.73. The zero-order valence-corrected chi connectivity index (χ0v) is 14.8. The van der Waals surface area contributed by atoms with Gasteiger partial charge in [0.2, 0.25) is 0 Å². The second kappa shape index (κ2) is 13.8. The van der Waals surface area contributed by atoms with Gasteiger partial charge in [-0.3, -0.25) is 9.59 Å². The van der Waals surface area contributed by atoms with Crippen LogP contribution in [0.15, 0.2) is 0 Å². The Morgan fingerprint density at radius 2 is 1.11 bits per heavy atom. The summed E-state index contributed by atoms with van der Waals surface area (Å²) in [6, 6.07) is 0. The maximum absolute atomic E-state index is 11.2. The summed E-state index contributed by atoms with van der Waals surface area (Å²) in [4.78, 5) is 22.4. The molecule has 0 saturated heterocycles. The number of hydrogen-bond donors (Lipinski definition) is 0. The van der Waals surface area contributed by atoms with Crippen molar-refractivity contribution in [3.8, 4) is 0 Å². The first kappa shape index (κ1) is 18.4. The molecule has 0 unspecified atom stereocenters. The molecule has 0 rings (SSSR count). The van der Waals surface area contributed by atoms with E-state index in [9.17, 15) is 9.59 Å². The third-order valence-corrected chi connectivity index (χ3v) is 3.66. The van der Waals surface area contributed by atoms with Gasteiger partial charge in [0.05, 0.1) is 0 Å². The lowest BCUT2D eigenvalue weighted by Crippen LogP contribution is -2.13.